The van der Waals surface area contributed by atoms with Gasteiger partial charge < -0.3 is 15.0 Å². The summed E-state index contributed by atoms with van der Waals surface area (Å²) < 4.78 is 0. The quantitative estimate of drug-likeness (QED) is 0.588. The van der Waals surface area contributed by atoms with Gasteiger partial charge in [-0.15, -0.1) is 0 Å². The zero-order valence-electron chi connectivity index (χ0n) is 17.3. The van der Waals surface area contributed by atoms with Gasteiger partial charge in [0, 0.05) is 23.7 Å². The van der Waals surface area contributed by atoms with Crippen molar-refractivity contribution in [2.24, 2.45) is 10.3 Å². The molecule has 0 bridgehead atoms. The minimum Gasteiger partial charge on any atom is -0.398 e. The maximum Gasteiger partial charge on any atom is 0.273 e. The standard InChI is InChI=1S/C22H27N3O3/c1-14-10-11-16(3)19(12-14)17(4)24-28-13-20-15(2)8-7-9-18(20)21(25-27-6)22(26)23-5/h7-12H,13H2,1-6H3,(H,23,26)/b24-17+,25-21+. The summed E-state index contributed by atoms with van der Waals surface area (Å²) in [6, 6.07) is 11.9. The Labute approximate surface area is 166 Å². The molecule has 28 heavy (non-hydrogen) atoms. The number of benzene rings is 2. The highest BCUT2D eigenvalue weighted by molar-refractivity contribution is 6.45. The predicted molar refractivity (Wildman–Crippen MR) is 112 cm³/mol. The number of nitrogens with zero attached hydrogens (tertiary/aromatic N) is 2. The third-order valence-corrected chi connectivity index (χ3v) is 4.48. The third-order valence-electron chi connectivity index (χ3n) is 4.48. The maximum absolute atomic E-state index is 12.2. The normalized spacial score (nSPS) is 11.9. The van der Waals surface area contributed by atoms with E-state index in [1.54, 1.807) is 7.05 Å². The van der Waals surface area contributed by atoms with E-state index in [1.165, 1.54) is 12.7 Å². The summed E-state index contributed by atoms with van der Waals surface area (Å²) in [6.07, 6.45) is 0. The number of oxime groups is 2. The number of nitrogens with one attached hydrogen (secondary N) is 1. The van der Waals surface area contributed by atoms with E-state index in [2.05, 4.69) is 33.8 Å². The highest BCUT2D eigenvalue weighted by atomic mass is 16.6. The molecule has 6 heteroatoms. The van der Waals surface area contributed by atoms with Gasteiger partial charge in [-0.1, -0.05) is 46.2 Å². The number of carbonyl (C=O) groups is 1. The van der Waals surface area contributed by atoms with E-state index in [-0.39, 0.29) is 18.2 Å². The molecule has 0 saturated heterocycles. The molecule has 2 rings (SSSR count). The predicted octanol–water partition coefficient (Wildman–Crippen LogP) is 3.65. The molecule has 2 aromatic rings. The Morgan fingerprint density at radius 3 is 2.46 bits per heavy atom. The van der Waals surface area contributed by atoms with Crippen LogP contribution in [0.3, 0.4) is 0 Å². The van der Waals surface area contributed by atoms with Crippen LogP contribution >= 0.6 is 0 Å². The lowest BCUT2D eigenvalue weighted by atomic mass is 9.98. The Kier molecular flexibility index (Phi) is 7.32. The SMILES string of the molecule is CNC(=O)/C(=N/OC)c1cccc(C)c1CO/N=C(\C)c1cc(C)ccc1C. The second-order valence-corrected chi connectivity index (χ2v) is 6.57. The largest absolute Gasteiger partial charge is 0.398 e. The van der Waals surface area contributed by atoms with Gasteiger partial charge >= 0.3 is 0 Å². The number of aryl methyl sites for hydroxylation is 3. The summed E-state index contributed by atoms with van der Waals surface area (Å²) in [5.41, 5.74) is 6.82. The minimum absolute atomic E-state index is 0.197. The number of rotatable bonds is 7. The van der Waals surface area contributed by atoms with Crippen LogP contribution in [0.5, 0.6) is 0 Å². The van der Waals surface area contributed by atoms with Crippen molar-refractivity contribution < 1.29 is 14.5 Å². The van der Waals surface area contributed by atoms with Gasteiger partial charge in [-0.25, -0.2) is 0 Å². The van der Waals surface area contributed by atoms with Gasteiger partial charge in [0.15, 0.2) is 5.71 Å². The molecule has 0 saturated carbocycles. The first-order valence-corrected chi connectivity index (χ1v) is 9.05. The summed E-state index contributed by atoms with van der Waals surface area (Å²) in [6.45, 7) is 8.18. The number of carbonyl (C=O) groups excluding carboxylic acids is 1. The second kappa shape index (κ2) is 9.69. The first-order valence-electron chi connectivity index (χ1n) is 9.05. The van der Waals surface area contributed by atoms with Crippen LogP contribution in [-0.4, -0.2) is 31.5 Å². The number of likely N-dealkylation sites (N-methyl/N-ethyl adjacent to an activating group) is 1. The van der Waals surface area contributed by atoms with E-state index in [1.807, 2.05) is 45.9 Å². The molecule has 2 aromatic carbocycles. The van der Waals surface area contributed by atoms with Gasteiger partial charge in [-0.3, -0.25) is 4.79 Å². The molecule has 0 aromatic heterocycles. The second-order valence-electron chi connectivity index (χ2n) is 6.57. The molecule has 0 unspecified atom stereocenters. The van der Waals surface area contributed by atoms with Crippen molar-refractivity contribution in [1.82, 2.24) is 5.32 Å². The van der Waals surface area contributed by atoms with Crippen LogP contribution in [0.25, 0.3) is 0 Å². The van der Waals surface area contributed by atoms with Gasteiger partial charge in [0.05, 0.1) is 5.71 Å². The van der Waals surface area contributed by atoms with Crippen molar-refractivity contribution >= 4 is 17.3 Å². The van der Waals surface area contributed by atoms with E-state index in [0.29, 0.717) is 5.56 Å². The Bertz CT molecular complexity index is 917. The molecule has 1 amide bonds. The first-order chi connectivity index (χ1) is 13.4. The summed E-state index contributed by atoms with van der Waals surface area (Å²) >= 11 is 0. The van der Waals surface area contributed by atoms with Crippen molar-refractivity contribution in [2.75, 3.05) is 14.2 Å². The van der Waals surface area contributed by atoms with Crippen LogP contribution in [0.2, 0.25) is 0 Å². The van der Waals surface area contributed by atoms with Crippen LogP contribution in [0.1, 0.15) is 40.3 Å². The molecule has 0 heterocycles. The van der Waals surface area contributed by atoms with Gasteiger partial charge in [0.25, 0.3) is 5.91 Å². The van der Waals surface area contributed by atoms with E-state index >= 15 is 0 Å². The number of hydrogen-bond donors (Lipinski definition) is 1. The topological polar surface area (TPSA) is 72.3 Å². The molecular weight excluding hydrogens is 354 g/mol. The lowest BCUT2D eigenvalue weighted by Gasteiger charge is -2.13. The molecule has 0 atom stereocenters. The smallest absolute Gasteiger partial charge is 0.273 e. The number of amides is 1. The monoisotopic (exact) mass is 381 g/mol. The lowest BCUT2D eigenvalue weighted by molar-refractivity contribution is -0.114. The summed E-state index contributed by atoms with van der Waals surface area (Å²) in [5.74, 6) is -0.330. The molecule has 0 aliphatic heterocycles. The molecule has 0 aliphatic carbocycles. The van der Waals surface area contributed by atoms with Crippen molar-refractivity contribution in [3.05, 3.63) is 69.8 Å². The molecule has 0 aliphatic rings. The number of hydrogen-bond acceptors (Lipinski definition) is 5. The molecular formula is C22H27N3O3. The Morgan fingerprint density at radius 1 is 1.04 bits per heavy atom. The van der Waals surface area contributed by atoms with E-state index < -0.39 is 0 Å². The third kappa shape index (κ3) is 4.97. The molecule has 0 spiro atoms. The Morgan fingerprint density at radius 2 is 1.79 bits per heavy atom. The summed E-state index contributed by atoms with van der Waals surface area (Å²) in [5, 5.41) is 10.8. The fourth-order valence-corrected chi connectivity index (χ4v) is 2.91. The summed E-state index contributed by atoms with van der Waals surface area (Å²) in [7, 11) is 2.96. The minimum atomic E-state index is -0.330. The van der Waals surface area contributed by atoms with Crippen LogP contribution in [0.15, 0.2) is 46.7 Å². The fourth-order valence-electron chi connectivity index (χ4n) is 2.91. The Balaban J connectivity index is 2.31. The van der Waals surface area contributed by atoms with Gasteiger partial charge in [0.2, 0.25) is 0 Å². The van der Waals surface area contributed by atoms with E-state index in [9.17, 15) is 4.79 Å². The molecule has 0 fully saturated rings. The molecule has 148 valence electrons. The zero-order chi connectivity index (χ0) is 20.7. The molecule has 1 N–H and O–H groups in total. The van der Waals surface area contributed by atoms with Crippen molar-refractivity contribution in [3.8, 4) is 0 Å². The van der Waals surface area contributed by atoms with Crippen LogP contribution in [-0.2, 0) is 21.1 Å². The van der Waals surface area contributed by atoms with Crippen molar-refractivity contribution in [1.29, 1.82) is 0 Å². The van der Waals surface area contributed by atoms with E-state index in [4.69, 9.17) is 9.68 Å². The molecule has 0 radical (unpaired) electrons. The lowest BCUT2D eigenvalue weighted by Crippen LogP contribution is -2.29. The zero-order valence-corrected chi connectivity index (χ0v) is 17.3. The average molecular weight is 381 g/mol. The Hall–Kier alpha value is -3.15. The van der Waals surface area contributed by atoms with Crippen molar-refractivity contribution in [3.63, 3.8) is 0 Å². The highest BCUT2D eigenvalue weighted by Gasteiger charge is 2.19. The fraction of sp³-hybridized carbons (Fsp3) is 0.318. The molecule has 6 nitrogen and oxygen atoms in total. The first kappa shape index (κ1) is 21.2. The van der Waals surface area contributed by atoms with Gasteiger partial charge in [-0.05, 0) is 44.9 Å². The maximum atomic E-state index is 12.2. The van der Waals surface area contributed by atoms with Crippen LogP contribution < -0.4 is 5.32 Å². The van der Waals surface area contributed by atoms with Crippen LogP contribution in [0, 0.1) is 20.8 Å². The highest BCUT2D eigenvalue weighted by Crippen LogP contribution is 2.18. The van der Waals surface area contributed by atoms with Gasteiger partial charge in [0.1, 0.15) is 13.7 Å². The van der Waals surface area contributed by atoms with Crippen LogP contribution in [0.4, 0.5) is 0 Å². The van der Waals surface area contributed by atoms with Crippen molar-refractivity contribution in [2.45, 2.75) is 34.3 Å². The average Bonchev–Trinajstić information content (AvgIpc) is 2.68. The summed E-state index contributed by atoms with van der Waals surface area (Å²) in [4.78, 5) is 22.7. The van der Waals surface area contributed by atoms with E-state index in [0.717, 1.165) is 28.0 Å². The van der Waals surface area contributed by atoms with Gasteiger partial charge in [-0.2, -0.15) is 0 Å².